The Labute approximate surface area is 137 Å². The molecule has 3 rings (SSSR count). The smallest absolute Gasteiger partial charge is 0.355 e. The molecule has 122 valence electrons. The number of aryl methyl sites for hydroxylation is 1. The average molecular weight is 324 g/mol. The van der Waals surface area contributed by atoms with Crippen molar-refractivity contribution in [3.8, 4) is 0 Å². The largest absolute Gasteiger partial charge is 0.453 e. The molecular weight excluding hydrogens is 308 g/mol. The maximum Gasteiger partial charge on any atom is 0.355 e. The minimum atomic E-state index is -0.673. The standard InChI is InChI=1S/C18H16N2O4/c1-10-17(13-5-3-4-6-14(13)20-10)16(22)9-24-18(23)15-7-12(8-19-15)11(2)21/h3-8,19-20H,9H2,1-2H3. The second-order valence-electron chi connectivity index (χ2n) is 5.53. The fraction of sp³-hybridized carbons (Fsp3) is 0.167. The monoisotopic (exact) mass is 324 g/mol. The van der Waals surface area contributed by atoms with E-state index in [1.165, 1.54) is 19.2 Å². The SMILES string of the molecule is CC(=O)c1c[nH]c(C(=O)OCC(=O)c2c(C)[nH]c3ccccc23)c1. The number of rotatable bonds is 5. The molecule has 3 aromatic rings. The van der Waals surface area contributed by atoms with Gasteiger partial charge in [0.2, 0.25) is 5.78 Å². The van der Waals surface area contributed by atoms with Crippen LogP contribution in [0.1, 0.15) is 43.8 Å². The summed E-state index contributed by atoms with van der Waals surface area (Å²) in [7, 11) is 0. The molecule has 24 heavy (non-hydrogen) atoms. The number of nitrogens with one attached hydrogen (secondary N) is 2. The number of hydrogen-bond donors (Lipinski definition) is 2. The Balaban J connectivity index is 1.73. The first-order chi connectivity index (χ1) is 11.5. The highest BCUT2D eigenvalue weighted by Crippen LogP contribution is 2.22. The number of H-pyrrole nitrogens is 2. The van der Waals surface area contributed by atoms with Gasteiger partial charge in [0.15, 0.2) is 12.4 Å². The predicted molar refractivity (Wildman–Crippen MR) is 88.4 cm³/mol. The van der Waals surface area contributed by atoms with Crippen molar-refractivity contribution in [3.05, 3.63) is 59.0 Å². The van der Waals surface area contributed by atoms with Crippen LogP contribution in [0.5, 0.6) is 0 Å². The Morgan fingerprint density at radius 3 is 2.62 bits per heavy atom. The molecule has 0 aliphatic rings. The van der Waals surface area contributed by atoms with Crippen LogP contribution in [0.4, 0.5) is 0 Å². The Morgan fingerprint density at radius 2 is 1.92 bits per heavy atom. The molecule has 0 saturated carbocycles. The average Bonchev–Trinajstić information content (AvgIpc) is 3.16. The molecule has 2 heterocycles. The van der Waals surface area contributed by atoms with E-state index in [1.807, 2.05) is 24.3 Å². The van der Waals surface area contributed by atoms with Crippen LogP contribution in [0.2, 0.25) is 0 Å². The summed E-state index contributed by atoms with van der Waals surface area (Å²) in [6, 6.07) is 8.86. The summed E-state index contributed by atoms with van der Waals surface area (Å²) in [5, 5.41) is 0.801. The molecule has 2 N–H and O–H groups in total. The van der Waals surface area contributed by atoms with Gasteiger partial charge in [-0.25, -0.2) is 4.79 Å². The molecule has 0 amide bonds. The predicted octanol–water partition coefficient (Wildman–Crippen LogP) is 3.05. The van der Waals surface area contributed by atoms with Gasteiger partial charge >= 0.3 is 5.97 Å². The molecular formula is C18H16N2O4. The van der Waals surface area contributed by atoms with Crippen LogP contribution >= 0.6 is 0 Å². The van der Waals surface area contributed by atoms with E-state index < -0.39 is 5.97 Å². The van der Waals surface area contributed by atoms with Gasteiger partial charge in [0.25, 0.3) is 0 Å². The van der Waals surface area contributed by atoms with Crippen LogP contribution in [-0.4, -0.2) is 34.1 Å². The van der Waals surface area contributed by atoms with Gasteiger partial charge < -0.3 is 14.7 Å². The molecule has 0 aliphatic heterocycles. The summed E-state index contributed by atoms with van der Waals surface area (Å²) in [6.07, 6.45) is 1.44. The first-order valence-corrected chi connectivity index (χ1v) is 7.44. The van der Waals surface area contributed by atoms with Crippen molar-refractivity contribution >= 4 is 28.4 Å². The molecule has 0 unspecified atom stereocenters. The second-order valence-corrected chi connectivity index (χ2v) is 5.53. The molecule has 6 heteroatoms. The number of esters is 1. The zero-order valence-electron chi connectivity index (χ0n) is 13.3. The fourth-order valence-corrected chi connectivity index (χ4v) is 2.63. The Morgan fingerprint density at radius 1 is 1.17 bits per heavy atom. The van der Waals surface area contributed by atoms with Crippen molar-refractivity contribution in [1.82, 2.24) is 9.97 Å². The van der Waals surface area contributed by atoms with Gasteiger partial charge in [0.05, 0.1) is 0 Å². The van der Waals surface area contributed by atoms with Crippen molar-refractivity contribution < 1.29 is 19.1 Å². The van der Waals surface area contributed by atoms with Crippen LogP contribution in [0, 0.1) is 6.92 Å². The lowest BCUT2D eigenvalue weighted by atomic mass is 10.1. The summed E-state index contributed by atoms with van der Waals surface area (Å²) < 4.78 is 5.07. The van der Waals surface area contributed by atoms with Crippen LogP contribution in [0.15, 0.2) is 36.5 Å². The van der Waals surface area contributed by atoms with Crippen LogP contribution < -0.4 is 0 Å². The molecule has 0 aliphatic carbocycles. The van der Waals surface area contributed by atoms with Crippen LogP contribution in [0.3, 0.4) is 0 Å². The maximum absolute atomic E-state index is 12.4. The fourth-order valence-electron chi connectivity index (χ4n) is 2.63. The lowest BCUT2D eigenvalue weighted by Crippen LogP contribution is -2.15. The summed E-state index contributed by atoms with van der Waals surface area (Å²) in [6.45, 7) is 2.84. The zero-order valence-corrected chi connectivity index (χ0v) is 13.3. The number of ether oxygens (including phenoxy) is 1. The van der Waals surface area contributed by atoms with E-state index in [0.29, 0.717) is 11.1 Å². The Hall–Kier alpha value is -3.15. The second kappa shape index (κ2) is 6.16. The number of aromatic amines is 2. The van der Waals surface area contributed by atoms with Gasteiger partial charge in [-0.15, -0.1) is 0 Å². The number of ketones is 2. The van der Waals surface area contributed by atoms with E-state index in [0.717, 1.165) is 16.6 Å². The quantitative estimate of drug-likeness (QED) is 0.557. The van der Waals surface area contributed by atoms with Crippen LogP contribution in [0.25, 0.3) is 10.9 Å². The number of carbonyl (C=O) groups is 3. The van der Waals surface area contributed by atoms with Crippen molar-refractivity contribution in [2.24, 2.45) is 0 Å². The third-order valence-corrected chi connectivity index (χ3v) is 3.82. The summed E-state index contributed by atoms with van der Waals surface area (Å²) in [5.74, 6) is -1.11. The Bertz CT molecular complexity index is 949. The first-order valence-electron chi connectivity index (χ1n) is 7.44. The molecule has 0 bridgehead atoms. The van der Waals surface area contributed by atoms with Crippen molar-refractivity contribution in [3.63, 3.8) is 0 Å². The van der Waals surface area contributed by atoms with Gasteiger partial charge in [-0.2, -0.15) is 0 Å². The topological polar surface area (TPSA) is 92.0 Å². The third kappa shape index (κ3) is 2.86. The van der Waals surface area contributed by atoms with Gasteiger partial charge in [0, 0.05) is 33.9 Å². The number of carbonyl (C=O) groups excluding carboxylic acids is 3. The molecule has 6 nitrogen and oxygen atoms in total. The molecule has 1 aromatic carbocycles. The highest BCUT2D eigenvalue weighted by Gasteiger charge is 2.19. The minimum absolute atomic E-state index is 0.142. The molecule has 2 aromatic heterocycles. The molecule has 0 atom stereocenters. The summed E-state index contributed by atoms with van der Waals surface area (Å²) in [5.41, 5.74) is 2.65. The van der Waals surface area contributed by atoms with E-state index in [2.05, 4.69) is 9.97 Å². The normalized spacial score (nSPS) is 10.8. The first kappa shape index (κ1) is 15.7. The number of hydrogen-bond acceptors (Lipinski definition) is 4. The number of aromatic nitrogens is 2. The molecule has 0 saturated heterocycles. The van der Waals surface area contributed by atoms with Crippen molar-refractivity contribution in [1.29, 1.82) is 0 Å². The molecule has 0 radical (unpaired) electrons. The summed E-state index contributed by atoms with van der Waals surface area (Å²) in [4.78, 5) is 41.5. The van der Waals surface area contributed by atoms with Crippen molar-refractivity contribution in [2.45, 2.75) is 13.8 Å². The zero-order chi connectivity index (χ0) is 17.3. The van der Waals surface area contributed by atoms with Gasteiger partial charge in [-0.3, -0.25) is 9.59 Å². The van der Waals surface area contributed by atoms with Crippen LogP contribution in [-0.2, 0) is 4.74 Å². The molecule has 0 spiro atoms. The lowest BCUT2D eigenvalue weighted by molar-refractivity contribution is 0.0470. The van der Waals surface area contributed by atoms with Crippen molar-refractivity contribution in [2.75, 3.05) is 6.61 Å². The van der Waals surface area contributed by atoms with E-state index >= 15 is 0 Å². The highest BCUT2D eigenvalue weighted by atomic mass is 16.5. The van der Waals surface area contributed by atoms with E-state index in [-0.39, 0.29) is 23.9 Å². The Kier molecular flexibility index (Phi) is 4.04. The minimum Gasteiger partial charge on any atom is -0.453 e. The van der Waals surface area contributed by atoms with Gasteiger partial charge in [0.1, 0.15) is 5.69 Å². The maximum atomic E-state index is 12.4. The summed E-state index contributed by atoms with van der Waals surface area (Å²) >= 11 is 0. The van der Waals surface area contributed by atoms with Gasteiger partial charge in [-0.1, -0.05) is 18.2 Å². The van der Waals surface area contributed by atoms with E-state index in [1.54, 1.807) is 6.92 Å². The molecule has 0 fully saturated rings. The van der Waals surface area contributed by atoms with E-state index in [4.69, 9.17) is 4.74 Å². The number of benzene rings is 1. The number of para-hydroxylation sites is 1. The number of Topliss-reactive ketones (excluding diaryl/α,β-unsaturated/α-hetero) is 2. The van der Waals surface area contributed by atoms with Gasteiger partial charge in [-0.05, 0) is 26.0 Å². The third-order valence-electron chi connectivity index (χ3n) is 3.82. The van der Waals surface area contributed by atoms with E-state index in [9.17, 15) is 14.4 Å². The lowest BCUT2D eigenvalue weighted by Gasteiger charge is -2.03. The number of fused-ring (bicyclic) bond motifs is 1. The highest BCUT2D eigenvalue weighted by molar-refractivity contribution is 6.10.